The van der Waals surface area contributed by atoms with Crippen LogP contribution >= 0.6 is 0 Å². The van der Waals surface area contributed by atoms with Gasteiger partial charge in [0.05, 0.1) is 0 Å². The topological polar surface area (TPSA) is 50.4 Å². The van der Waals surface area contributed by atoms with Crippen LogP contribution in [0.3, 0.4) is 0 Å². The molecule has 118 valence electrons. The minimum absolute atomic E-state index is 0.193. The van der Waals surface area contributed by atoms with Crippen LogP contribution < -0.4 is 10.6 Å². The van der Waals surface area contributed by atoms with Crippen LogP contribution in [0.2, 0.25) is 0 Å². The molecule has 0 aromatic carbocycles. The average Bonchev–Trinajstić information content (AvgIpc) is 2.29. The van der Waals surface area contributed by atoms with E-state index in [4.69, 9.17) is 4.74 Å². The molecule has 20 heavy (non-hydrogen) atoms. The third-order valence-corrected chi connectivity index (χ3v) is 3.69. The first-order valence-electron chi connectivity index (χ1n) is 8.07. The monoisotopic (exact) mass is 284 g/mol. The summed E-state index contributed by atoms with van der Waals surface area (Å²) in [6.07, 6.45) is 6.66. The molecule has 0 radical (unpaired) electrons. The molecule has 0 aromatic heterocycles. The molecule has 1 rings (SSSR count). The lowest BCUT2D eigenvalue weighted by Gasteiger charge is -2.35. The van der Waals surface area contributed by atoms with Gasteiger partial charge in [-0.3, -0.25) is 0 Å². The molecule has 0 aliphatic heterocycles. The summed E-state index contributed by atoms with van der Waals surface area (Å²) in [5, 5.41) is 6.72. The van der Waals surface area contributed by atoms with Gasteiger partial charge in [0, 0.05) is 18.1 Å². The van der Waals surface area contributed by atoms with Gasteiger partial charge in [0.25, 0.3) is 0 Å². The molecule has 1 aliphatic rings. The van der Waals surface area contributed by atoms with E-state index in [-0.39, 0.29) is 12.1 Å². The molecule has 4 heteroatoms. The summed E-state index contributed by atoms with van der Waals surface area (Å²) >= 11 is 0. The van der Waals surface area contributed by atoms with Crippen LogP contribution in [-0.2, 0) is 4.74 Å². The fourth-order valence-electron chi connectivity index (χ4n) is 2.84. The number of alkyl carbamates (subject to hydrolysis) is 1. The van der Waals surface area contributed by atoms with E-state index in [9.17, 15) is 4.79 Å². The van der Waals surface area contributed by atoms with Crippen molar-refractivity contribution in [3.05, 3.63) is 0 Å². The van der Waals surface area contributed by atoms with E-state index in [0.29, 0.717) is 12.1 Å². The highest BCUT2D eigenvalue weighted by molar-refractivity contribution is 5.68. The molecule has 4 nitrogen and oxygen atoms in total. The molecule has 0 spiro atoms. The van der Waals surface area contributed by atoms with E-state index in [0.717, 1.165) is 12.8 Å². The molecule has 1 fully saturated rings. The predicted octanol–water partition coefficient (Wildman–Crippen LogP) is 3.60. The van der Waals surface area contributed by atoms with Gasteiger partial charge >= 0.3 is 6.09 Å². The lowest BCUT2D eigenvalue weighted by Crippen LogP contribution is -2.54. The molecular formula is C16H32N2O2. The molecule has 1 saturated carbocycles. The highest BCUT2D eigenvalue weighted by Crippen LogP contribution is 2.20. The molecule has 1 amide bonds. The number of hydrogen-bond donors (Lipinski definition) is 2. The van der Waals surface area contributed by atoms with Crippen LogP contribution in [0.1, 0.15) is 73.1 Å². The first kappa shape index (κ1) is 17.3. The van der Waals surface area contributed by atoms with Crippen LogP contribution in [-0.4, -0.2) is 29.8 Å². The Bertz CT molecular complexity index is 299. The number of nitrogens with one attached hydrogen (secondary N) is 2. The van der Waals surface area contributed by atoms with Crippen molar-refractivity contribution in [2.75, 3.05) is 0 Å². The zero-order valence-electron chi connectivity index (χ0n) is 13.8. The Morgan fingerprint density at radius 3 is 2.40 bits per heavy atom. The predicted molar refractivity (Wildman–Crippen MR) is 82.9 cm³/mol. The zero-order chi connectivity index (χ0) is 15.2. The third-order valence-electron chi connectivity index (χ3n) is 3.69. The maximum absolute atomic E-state index is 11.9. The first-order valence-corrected chi connectivity index (χ1v) is 8.07. The normalized spacial score (nSPS) is 25.1. The Labute approximate surface area is 124 Å². The average molecular weight is 284 g/mol. The van der Waals surface area contributed by atoms with Gasteiger partial charge < -0.3 is 15.4 Å². The van der Waals surface area contributed by atoms with Crippen molar-refractivity contribution >= 4 is 6.09 Å². The summed E-state index contributed by atoms with van der Waals surface area (Å²) in [5.41, 5.74) is -0.433. The van der Waals surface area contributed by atoms with Crippen molar-refractivity contribution in [3.63, 3.8) is 0 Å². The molecule has 2 N–H and O–H groups in total. The molecule has 1 aliphatic carbocycles. The summed E-state index contributed by atoms with van der Waals surface area (Å²) in [6.45, 7) is 10.1. The second-order valence-corrected chi connectivity index (χ2v) is 7.00. The fourth-order valence-corrected chi connectivity index (χ4v) is 2.84. The highest BCUT2D eigenvalue weighted by atomic mass is 16.6. The summed E-state index contributed by atoms with van der Waals surface area (Å²) in [6, 6.07) is 1.07. The SMILES string of the molecule is CCCC(C)N[C@@H]1CCCC[C@H]1NC(=O)OC(C)(C)C. The number of rotatable bonds is 5. The second-order valence-electron chi connectivity index (χ2n) is 7.00. The molecule has 0 aromatic rings. The van der Waals surface area contributed by atoms with Crippen LogP contribution in [0.15, 0.2) is 0 Å². The molecule has 1 unspecified atom stereocenters. The Hall–Kier alpha value is -0.770. The summed E-state index contributed by atoms with van der Waals surface area (Å²) < 4.78 is 5.36. The standard InChI is InChI=1S/C16H32N2O2/c1-6-9-12(2)17-13-10-7-8-11-14(13)18-15(19)20-16(3,4)5/h12-14,17H,6-11H2,1-5H3,(H,18,19)/t12?,13-,14-/m1/s1. The van der Waals surface area contributed by atoms with E-state index in [2.05, 4.69) is 24.5 Å². The van der Waals surface area contributed by atoms with Gasteiger partial charge in [0.1, 0.15) is 5.60 Å². The van der Waals surface area contributed by atoms with Crippen LogP contribution in [0.4, 0.5) is 4.79 Å². The van der Waals surface area contributed by atoms with E-state index < -0.39 is 5.60 Å². The summed E-state index contributed by atoms with van der Waals surface area (Å²) in [7, 11) is 0. The van der Waals surface area contributed by atoms with E-state index in [1.54, 1.807) is 0 Å². The van der Waals surface area contributed by atoms with E-state index in [1.807, 2.05) is 20.8 Å². The van der Waals surface area contributed by atoms with Crippen molar-refractivity contribution in [2.45, 2.75) is 96.9 Å². The van der Waals surface area contributed by atoms with Crippen molar-refractivity contribution in [2.24, 2.45) is 0 Å². The quantitative estimate of drug-likeness (QED) is 0.811. The van der Waals surface area contributed by atoms with Gasteiger partial charge in [-0.1, -0.05) is 26.2 Å². The van der Waals surface area contributed by atoms with Crippen molar-refractivity contribution in [3.8, 4) is 0 Å². The minimum atomic E-state index is -0.433. The third kappa shape index (κ3) is 6.60. The lowest BCUT2D eigenvalue weighted by molar-refractivity contribution is 0.0477. The smallest absolute Gasteiger partial charge is 0.407 e. The van der Waals surface area contributed by atoms with E-state index in [1.165, 1.54) is 25.7 Å². The minimum Gasteiger partial charge on any atom is -0.444 e. The van der Waals surface area contributed by atoms with Crippen LogP contribution in [0.25, 0.3) is 0 Å². The summed E-state index contributed by atoms with van der Waals surface area (Å²) in [5.74, 6) is 0. The Balaban J connectivity index is 2.49. The van der Waals surface area contributed by atoms with Crippen molar-refractivity contribution in [1.29, 1.82) is 0 Å². The number of carbonyl (C=O) groups excluding carboxylic acids is 1. The van der Waals surface area contributed by atoms with E-state index >= 15 is 0 Å². The lowest BCUT2D eigenvalue weighted by atomic mass is 9.89. The molecular weight excluding hydrogens is 252 g/mol. The maximum Gasteiger partial charge on any atom is 0.407 e. The fraction of sp³-hybridized carbons (Fsp3) is 0.938. The number of amides is 1. The zero-order valence-corrected chi connectivity index (χ0v) is 13.8. The Morgan fingerprint density at radius 2 is 1.85 bits per heavy atom. The van der Waals surface area contributed by atoms with Gasteiger partial charge in [-0.25, -0.2) is 4.79 Å². The maximum atomic E-state index is 11.9. The van der Waals surface area contributed by atoms with Gasteiger partial charge in [-0.15, -0.1) is 0 Å². The molecule has 0 bridgehead atoms. The van der Waals surface area contributed by atoms with Crippen LogP contribution in [0, 0.1) is 0 Å². The highest BCUT2D eigenvalue weighted by Gasteiger charge is 2.28. The first-order chi connectivity index (χ1) is 9.31. The number of ether oxygens (including phenoxy) is 1. The van der Waals surface area contributed by atoms with Gasteiger partial charge in [0.15, 0.2) is 0 Å². The van der Waals surface area contributed by atoms with Gasteiger partial charge in [-0.05, 0) is 47.0 Å². The van der Waals surface area contributed by atoms with Gasteiger partial charge in [0.2, 0.25) is 0 Å². The molecule has 0 heterocycles. The van der Waals surface area contributed by atoms with Crippen molar-refractivity contribution in [1.82, 2.24) is 10.6 Å². The van der Waals surface area contributed by atoms with Crippen LogP contribution in [0.5, 0.6) is 0 Å². The number of hydrogen-bond acceptors (Lipinski definition) is 3. The largest absolute Gasteiger partial charge is 0.444 e. The second kappa shape index (κ2) is 7.87. The Kier molecular flexibility index (Phi) is 6.80. The molecule has 3 atom stereocenters. The van der Waals surface area contributed by atoms with Gasteiger partial charge in [-0.2, -0.15) is 0 Å². The number of carbonyl (C=O) groups is 1. The molecule has 0 saturated heterocycles. The Morgan fingerprint density at radius 1 is 1.25 bits per heavy atom. The van der Waals surface area contributed by atoms with Crippen molar-refractivity contribution < 1.29 is 9.53 Å². The summed E-state index contributed by atoms with van der Waals surface area (Å²) in [4.78, 5) is 11.9.